The Labute approximate surface area is 138 Å². The summed E-state index contributed by atoms with van der Waals surface area (Å²) in [5.74, 6) is 0.0432. The number of nitrogens with zero attached hydrogens (tertiary/aromatic N) is 4. The topological polar surface area (TPSA) is 107 Å². The Bertz CT molecular complexity index is 969. The predicted molar refractivity (Wildman–Crippen MR) is 86.6 cm³/mol. The van der Waals surface area contributed by atoms with Gasteiger partial charge in [-0.25, -0.2) is 23.1 Å². The van der Waals surface area contributed by atoms with Crippen molar-refractivity contribution in [2.75, 3.05) is 19.5 Å². The van der Waals surface area contributed by atoms with Gasteiger partial charge in [0.25, 0.3) is 5.16 Å². The number of para-hydroxylation sites is 1. The molecule has 0 unspecified atom stereocenters. The van der Waals surface area contributed by atoms with E-state index in [1.165, 1.54) is 18.1 Å². The number of pyridine rings is 1. The van der Waals surface area contributed by atoms with E-state index in [4.69, 9.17) is 9.84 Å². The minimum atomic E-state index is -3.67. The lowest BCUT2D eigenvalue weighted by Crippen LogP contribution is -2.12. The van der Waals surface area contributed by atoms with E-state index in [1.807, 2.05) is 30.3 Å². The molecule has 0 spiro atoms. The number of fused-ring (bicyclic) bond motifs is 1. The first-order valence-corrected chi connectivity index (χ1v) is 8.84. The van der Waals surface area contributed by atoms with Crippen LogP contribution >= 0.6 is 0 Å². The number of methoxy groups -OCH3 is 1. The fraction of sp³-hybridized carbons (Fsp3) is 0.267. The summed E-state index contributed by atoms with van der Waals surface area (Å²) in [4.78, 5) is 8.25. The molecule has 1 N–H and O–H groups in total. The van der Waals surface area contributed by atoms with Crippen molar-refractivity contribution in [2.24, 2.45) is 0 Å². The van der Waals surface area contributed by atoms with Crippen LogP contribution in [0.5, 0.6) is 5.88 Å². The molecule has 0 aliphatic rings. The molecule has 3 aromatic rings. The van der Waals surface area contributed by atoms with Gasteiger partial charge in [-0.1, -0.05) is 18.2 Å². The van der Waals surface area contributed by atoms with Gasteiger partial charge in [-0.3, -0.25) is 0 Å². The van der Waals surface area contributed by atoms with Gasteiger partial charge in [-0.15, -0.1) is 5.10 Å². The summed E-state index contributed by atoms with van der Waals surface area (Å²) in [6.07, 6.45) is 1.33. The third-order valence-electron chi connectivity index (χ3n) is 3.44. The number of ether oxygens (including phenoxy) is 1. The maximum absolute atomic E-state index is 11.9. The normalized spacial score (nSPS) is 11.8. The van der Waals surface area contributed by atoms with Crippen LogP contribution < -0.4 is 4.74 Å². The summed E-state index contributed by atoms with van der Waals surface area (Å²) in [6.45, 7) is -0.206. The SMILES string of the molecule is COc1nc2ccccc2cc1Cn1cnc(S(=O)(=O)CCO)n1. The van der Waals surface area contributed by atoms with Crippen molar-refractivity contribution in [1.82, 2.24) is 19.7 Å². The molecule has 126 valence electrons. The number of sulfone groups is 1. The van der Waals surface area contributed by atoms with Crippen molar-refractivity contribution in [3.8, 4) is 5.88 Å². The average Bonchev–Trinajstić information content (AvgIpc) is 3.03. The maximum Gasteiger partial charge on any atom is 0.266 e. The molecule has 0 saturated carbocycles. The Morgan fingerprint density at radius 3 is 2.83 bits per heavy atom. The van der Waals surface area contributed by atoms with E-state index < -0.39 is 22.2 Å². The van der Waals surface area contributed by atoms with E-state index in [0.29, 0.717) is 5.88 Å². The Kier molecular flexibility index (Phi) is 4.45. The second kappa shape index (κ2) is 6.54. The van der Waals surface area contributed by atoms with E-state index in [9.17, 15) is 8.42 Å². The highest BCUT2D eigenvalue weighted by Crippen LogP contribution is 2.22. The average molecular weight is 348 g/mol. The van der Waals surface area contributed by atoms with Gasteiger partial charge in [0, 0.05) is 10.9 Å². The van der Waals surface area contributed by atoms with Crippen LogP contribution in [0.15, 0.2) is 41.8 Å². The van der Waals surface area contributed by atoms with E-state index in [0.717, 1.165) is 16.5 Å². The van der Waals surface area contributed by atoms with Crippen molar-refractivity contribution in [3.63, 3.8) is 0 Å². The maximum atomic E-state index is 11.9. The van der Waals surface area contributed by atoms with Gasteiger partial charge in [0.1, 0.15) is 6.33 Å². The molecule has 9 heteroatoms. The smallest absolute Gasteiger partial charge is 0.266 e. The second-order valence-corrected chi connectivity index (χ2v) is 7.12. The van der Waals surface area contributed by atoms with Gasteiger partial charge in [-0.05, 0) is 12.1 Å². The molecule has 0 atom stereocenters. The highest BCUT2D eigenvalue weighted by molar-refractivity contribution is 7.91. The first kappa shape index (κ1) is 16.3. The van der Waals surface area contributed by atoms with Gasteiger partial charge in [0.15, 0.2) is 0 Å². The lowest BCUT2D eigenvalue weighted by atomic mass is 10.1. The molecule has 0 radical (unpaired) electrons. The van der Waals surface area contributed by atoms with Crippen molar-refractivity contribution in [3.05, 3.63) is 42.2 Å². The molecule has 0 aliphatic heterocycles. The van der Waals surface area contributed by atoms with E-state index in [-0.39, 0.29) is 11.7 Å². The molecule has 2 heterocycles. The second-order valence-electron chi connectivity index (χ2n) is 5.12. The van der Waals surface area contributed by atoms with E-state index >= 15 is 0 Å². The fourth-order valence-electron chi connectivity index (χ4n) is 2.31. The van der Waals surface area contributed by atoms with E-state index in [2.05, 4.69) is 15.1 Å². The molecule has 0 aliphatic carbocycles. The molecule has 0 saturated heterocycles. The zero-order valence-electron chi connectivity index (χ0n) is 13.0. The van der Waals surface area contributed by atoms with Crippen molar-refractivity contribution in [2.45, 2.75) is 11.7 Å². The van der Waals surface area contributed by atoms with Crippen molar-refractivity contribution in [1.29, 1.82) is 0 Å². The number of aliphatic hydroxyl groups excluding tert-OH is 1. The van der Waals surface area contributed by atoms with Crippen LogP contribution in [0.3, 0.4) is 0 Å². The molecule has 0 fully saturated rings. The third-order valence-corrected chi connectivity index (χ3v) is 4.91. The Hall–Kier alpha value is -2.52. The van der Waals surface area contributed by atoms with Crippen LogP contribution in [0.4, 0.5) is 0 Å². The van der Waals surface area contributed by atoms with Crippen LogP contribution in [-0.4, -0.2) is 52.7 Å². The highest BCUT2D eigenvalue weighted by atomic mass is 32.2. The van der Waals surface area contributed by atoms with Gasteiger partial charge < -0.3 is 9.84 Å². The lowest BCUT2D eigenvalue weighted by molar-refractivity contribution is 0.319. The highest BCUT2D eigenvalue weighted by Gasteiger charge is 2.19. The molecular formula is C15H16N4O4S. The minimum absolute atomic E-state index is 0.267. The first-order chi connectivity index (χ1) is 11.5. The number of hydrogen-bond donors (Lipinski definition) is 1. The number of benzene rings is 1. The summed E-state index contributed by atoms with van der Waals surface area (Å²) in [7, 11) is -2.15. The lowest BCUT2D eigenvalue weighted by Gasteiger charge is -2.09. The molecule has 8 nitrogen and oxygen atoms in total. The van der Waals surface area contributed by atoms with Crippen LogP contribution in [0.25, 0.3) is 10.9 Å². The number of aliphatic hydroxyl groups is 1. The zero-order valence-corrected chi connectivity index (χ0v) is 13.8. The van der Waals surface area contributed by atoms with Crippen LogP contribution in [0, 0.1) is 0 Å². The molecular weight excluding hydrogens is 332 g/mol. The predicted octanol–water partition coefficient (Wildman–Crippen LogP) is 0.649. The van der Waals surface area contributed by atoms with Crippen LogP contribution in [0.2, 0.25) is 0 Å². The quantitative estimate of drug-likeness (QED) is 0.697. The minimum Gasteiger partial charge on any atom is -0.481 e. The zero-order chi connectivity index (χ0) is 17.2. The van der Waals surface area contributed by atoms with E-state index in [1.54, 1.807) is 0 Å². The summed E-state index contributed by atoms with van der Waals surface area (Å²) in [6, 6.07) is 9.55. The molecule has 0 amide bonds. The standard InChI is InChI=1S/C15H16N4O4S/c1-23-14-12(8-11-4-2-3-5-13(11)17-14)9-19-10-16-15(18-19)24(21,22)7-6-20/h2-5,8,10,20H,6-7,9H2,1H3. The van der Waals surface area contributed by atoms with Gasteiger partial charge in [0.2, 0.25) is 15.7 Å². The fourth-order valence-corrected chi connectivity index (χ4v) is 3.17. The number of hydrogen-bond acceptors (Lipinski definition) is 7. The summed E-state index contributed by atoms with van der Waals surface area (Å²) < 4.78 is 30.4. The first-order valence-electron chi connectivity index (χ1n) is 7.19. The van der Waals surface area contributed by atoms with Crippen molar-refractivity contribution < 1.29 is 18.3 Å². The Morgan fingerprint density at radius 2 is 2.08 bits per heavy atom. The van der Waals surface area contributed by atoms with Crippen LogP contribution in [-0.2, 0) is 16.4 Å². The molecule has 2 aromatic heterocycles. The third kappa shape index (κ3) is 3.22. The summed E-state index contributed by atoms with van der Waals surface area (Å²) in [5, 5.41) is 13.4. The molecule has 1 aromatic carbocycles. The number of aromatic nitrogens is 4. The summed E-state index contributed by atoms with van der Waals surface area (Å²) >= 11 is 0. The Morgan fingerprint density at radius 1 is 1.29 bits per heavy atom. The monoisotopic (exact) mass is 348 g/mol. The van der Waals surface area contributed by atoms with Crippen molar-refractivity contribution >= 4 is 20.7 Å². The van der Waals surface area contributed by atoms with Gasteiger partial charge in [-0.2, -0.15) is 0 Å². The molecule has 24 heavy (non-hydrogen) atoms. The largest absolute Gasteiger partial charge is 0.481 e. The molecule has 3 rings (SSSR count). The molecule has 0 bridgehead atoms. The number of rotatable bonds is 6. The van der Waals surface area contributed by atoms with Gasteiger partial charge in [0.05, 0.1) is 31.5 Å². The van der Waals surface area contributed by atoms with Gasteiger partial charge >= 0.3 is 0 Å². The summed E-state index contributed by atoms with van der Waals surface area (Å²) in [5.41, 5.74) is 1.56. The Balaban J connectivity index is 1.94. The van der Waals surface area contributed by atoms with Crippen LogP contribution in [0.1, 0.15) is 5.56 Å².